The molecule has 0 unspecified atom stereocenters. The number of ether oxygens (including phenoxy) is 1. The Hall–Kier alpha value is -1.10. The van der Waals surface area contributed by atoms with Crippen LogP contribution in [0.15, 0.2) is 0 Å². The van der Waals surface area contributed by atoms with E-state index in [2.05, 4.69) is 5.32 Å². The van der Waals surface area contributed by atoms with Gasteiger partial charge in [0.05, 0.1) is 0 Å². The lowest BCUT2D eigenvalue weighted by Crippen LogP contribution is -2.40. The molecule has 0 rings (SSSR count). The second-order valence-corrected chi connectivity index (χ2v) is 4.66. The lowest BCUT2D eigenvalue weighted by Gasteiger charge is -2.21. The summed E-state index contributed by atoms with van der Waals surface area (Å²) in [5.41, 5.74) is 0. The van der Waals surface area contributed by atoms with Crippen molar-refractivity contribution in [1.29, 1.82) is 0 Å². The van der Waals surface area contributed by atoms with Crippen LogP contribution in [0.4, 0.5) is 0 Å². The van der Waals surface area contributed by atoms with E-state index in [0.717, 1.165) is 19.3 Å². The smallest absolute Gasteiger partial charge is 0.223 e. The van der Waals surface area contributed by atoms with Crippen molar-refractivity contribution in [2.45, 2.75) is 40.0 Å². The minimum Gasteiger partial charge on any atom is -0.385 e. The summed E-state index contributed by atoms with van der Waals surface area (Å²) in [7, 11) is 1.65. The molecule has 5 heteroatoms. The Balaban J connectivity index is 3.98. The van der Waals surface area contributed by atoms with Crippen LogP contribution in [0.3, 0.4) is 0 Å². The normalized spacial score (nSPS) is 10.6. The van der Waals surface area contributed by atoms with E-state index in [4.69, 9.17) is 4.74 Å². The summed E-state index contributed by atoms with van der Waals surface area (Å²) in [6.07, 6.45) is 2.52. The van der Waals surface area contributed by atoms with E-state index >= 15 is 0 Å². The van der Waals surface area contributed by atoms with Crippen molar-refractivity contribution in [2.24, 2.45) is 5.92 Å². The molecule has 2 amide bonds. The number of nitrogens with one attached hydrogen (secondary N) is 1. The van der Waals surface area contributed by atoms with Gasteiger partial charge in [0, 0.05) is 46.2 Å². The Kier molecular flexibility index (Phi) is 10.2. The van der Waals surface area contributed by atoms with Crippen LogP contribution >= 0.6 is 0 Å². The van der Waals surface area contributed by atoms with Gasteiger partial charge in [0.15, 0.2) is 0 Å². The number of hydrogen-bond donors (Lipinski definition) is 1. The molecular weight excluding hydrogens is 244 g/mol. The van der Waals surface area contributed by atoms with Crippen LogP contribution in [-0.2, 0) is 14.3 Å². The largest absolute Gasteiger partial charge is 0.385 e. The lowest BCUT2D eigenvalue weighted by molar-refractivity contribution is -0.130. The van der Waals surface area contributed by atoms with Crippen LogP contribution in [0.5, 0.6) is 0 Å². The highest BCUT2D eigenvalue weighted by Crippen LogP contribution is 2.06. The summed E-state index contributed by atoms with van der Waals surface area (Å²) in [5.74, 6) is 0.206. The molecule has 0 atom stereocenters. The van der Waals surface area contributed by atoms with E-state index in [0.29, 0.717) is 26.2 Å². The fourth-order valence-electron chi connectivity index (χ4n) is 1.94. The molecule has 0 heterocycles. The second kappa shape index (κ2) is 10.8. The fraction of sp³-hybridized carbons (Fsp3) is 0.857. The predicted molar refractivity (Wildman–Crippen MR) is 75.8 cm³/mol. The topological polar surface area (TPSA) is 58.6 Å². The zero-order chi connectivity index (χ0) is 14.7. The SMILES string of the molecule is CCC(CC)C(=O)NCCN(CCCOC)C(C)=O. The number of amides is 2. The Morgan fingerprint density at radius 3 is 2.32 bits per heavy atom. The molecule has 0 saturated carbocycles. The Morgan fingerprint density at radius 1 is 1.21 bits per heavy atom. The first-order chi connectivity index (χ1) is 9.06. The number of methoxy groups -OCH3 is 1. The lowest BCUT2D eigenvalue weighted by atomic mass is 10.0. The molecule has 1 N–H and O–H groups in total. The van der Waals surface area contributed by atoms with Gasteiger partial charge in [-0.3, -0.25) is 9.59 Å². The molecule has 0 aromatic carbocycles. The molecule has 0 radical (unpaired) electrons. The quantitative estimate of drug-likeness (QED) is 0.612. The van der Waals surface area contributed by atoms with Crippen molar-refractivity contribution in [3.63, 3.8) is 0 Å². The molecule has 0 aliphatic heterocycles. The van der Waals surface area contributed by atoms with Gasteiger partial charge >= 0.3 is 0 Å². The maximum atomic E-state index is 11.8. The van der Waals surface area contributed by atoms with Gasteiger partial charge in [-0.1, -0.05) is 13.8 Å². The van der Waals surface area contributed by atoms with Gasteiger partial charge in [-0.2, -0.15) is 0 Å². The first kappa shape index (κ1) is 17.9. The van der Waals surface area contributed by atoms with Crippen LogP contribution in [-0.4, -0.2) is 50.1 Å². The van der Waals surface area contributed by atoms with E-state index < -0.39 is 0 Å². The van der Waals surface area contributed by atoms with Crippen LogP contribution < -0.4 is 5.32 Å². The van der Waals surface area contributed by atoms with Gasteiger partial charge in [-0.15, -0.1) is 0 Å². The van der Waals surface area contributed by atoms with Crippen molar-refractivity contribution in [3.05, 3.63) is 0 Å². The molecule has 0 spiro atoms. The third-order valence-corrected chi connectivity index (χ3v) is 3.26. The summed E-state index contributed by atoms with van der Waals surface area (Å²) in [5, 5.41) is 2.90. The maximum Gasteiger partial charge on any atom is 0.223 e. The van der Waals surface area contributed by atoms with Crippen molar-refractivity contribution in [1.82, 2.24) is 10.2 Å². The molecule has 0 saturated heterocycles. The zero-order valence-corrected chi connectivity index (χ0v) is 12.7. The van der Waals surface area contributed by atoms with Gasteiger partial charge in [0.25, 0.3) is 0 Å². The third-order valence-electron chi connectivity index (χ3n) is 3.26. The Bertz CT molecular complexity index is 265. The number of nitrogens with zero attached hydrogens (tertiary/aromatic N) is 1. The number of hydrogen-bond acceptors (Lipinski definition) is 3. The van der Waals surface area contributed by atoms with Crippen LogP contribution in [0.2, 0.25) is 0 Å². The molecule has 5 nitrogen and oxygen atoms in total. The van der Waals surface area contributed by atoms with Gasteiger partial charge in [0.1, 0.15) is 0 Å². The van der Waals surface area contributed by atoms with E-state index in [1.165, 1.54) is 0 Å². The minimum absolute atomic E-state index is 0.0351. The highest BCUT2D eigenvalue weighted by atomic mass is 16.5. The minimum atomic E-state index is 0.0351. The number of rotatable bonds is 10. The predicted octanol–water partition coefficient (Wildman–Crippen LogP) is 1.42. The fourth-order valence-corrected chi connectivity index (χ4v) is 1.94. The molecule has 0 bridgehead atoms. The summed E-state index contributed by atoms with van der Waals surface area (Å²) < 4.78 is 4.97. The first-order valence-corrected chi connectivity index (χ1v) is 7.08. The molecule has 112 valence electrons. The summed E-state index contributed by atoms with van der Waals surface area (Å²) in [6, 6.07) is 0. The molecule has 0 fully saturated rings. The van der Waals surface area contributed by atoms with Crippen LogP contribution in [0.25, 0.3) is 0 Å². The number of carbonyl (C=O) groups is 2. The van der Waals surface area contributed by atoms with Gasteiger partial charge in [-0.25, -0.2) is 0 Å². The first-order valence-electron chi connectivity index (χ1n) is 7.08. The van der Waals surface area contributed by atoms with E-state index in [1.807, 2.05) is 13.8 Å². The van der Waals surface area contributed by atoms with E-state index in [-0.39, 0.29) is 17.7 Å². The molecule has 0 aromatic heterocycles. The molecule has 0 aliphatic rings. The summed E-state index contributed by atoms with van der Waals surface area (Å²) >= 11 is 0. The molecule has 0 aliphatic carbocycles. The standard InChI is InChI=1S/C14H28N2O3/c1-5-13(6-2)14(18)15-8-10-16(12(3)17)9-7-11-19-4/h13H,5-11H2,1-4H3,(H,15,18). The highest BCUT2D eigenvalue weighted by Gasteiger charge is 2.14. The summed E-state index contributed by atoms with van der Waals surface area (Å²) in [4.78, 5) is 25.0. The van der Waals surface area contributed by atoms with E-state index in [9.17, 15) is 9.59 Å². The monoisotopic (exact) mass is 272 g/mol. The van der Waals surface area contributed by atoms with Gasteiger partial charge < -0.3 is 15.0 Å². The average molecular weight is 272 g/mol. The molecule has 19 heavy (non-hydrogen) atoms. The third kappa shape index (κ3) is 7.82. The van der Waals surface area contributed by atoms with Crippen molar-refractivity contribution >= 4 is 11.8 Å². The van der Waals surface area contributed by atoms with Crippen LogP contribution in [0.1, 0.15) is 40.0 Å². The second-order valence-electron chi connectivity index (χ2n) is 4.66. The van der Waals surface area contributed by atoms with Crippen molar-refractivity contribution < 1.29 is 14.3 Å². The Labute approximate surface area is 116 Å². The molecular formula is C14H28N2O3. The van der Waals surface area contributed by atoms with Crippen LogP contribution in [0, 0.1) is 5.92 Å². The highest BCUT2D eigenvalue weighted by molar-refractivity contribution is 5.78. The Morgan fingerprint density at radius 2 is 1.84 bits per heavy atom. The molecule has 0 aromatic rings. The average Bonchev–Trinajstić information content (AvgIpc) is 2.38. The van der Waals surface area contributed by atoms with Gasteiger partial charge in [-0.05, 0) is 19.3 Å². The zero-order valence-electron chi connectivity index (χ0n) is 12.7. The van der Waals surface area contributed by atoms with Crippen molar-refractivity contribution in [3.8, 4) is 0 Å². The number of carbonyl (C=O) groups excluding carboxylic acids is 2. The maximum absolute atomic E-state index is 11.8. The van der Waals surface area contributed by atoms with E-state index in [1.54, 1.807) is 18.9 Å². The van der Waals surface area contributed by atoms with Crippen molar-refractivity contribution in [2.75, 3.05) is 33.4 Å². The van der Waals surface area contributed by atoms with Gasteiger partial charge in [0.2, 0.25) is 11.8 Å². The summed E-state index contributed by atoms with van der Waals surface area (Å²) in [6.45, 7) is 7.97.